The fourth-order valence-corrected chi connectivity index (χ4v) is 0.610. The summed E-state index contributed by atoms with van der Waals surface area (Å²) in [5, 5.41) is 3.36. The second-order valence-electron chi connectivity index (χ2n) is 1.33. The van der Waals surface area contributed by atoms with Crippen molar-refractivity contribution in [3.63, 3.8) is 0 Å². The van der Waals surface area contributed by atoms with Crippen LogP contribution in [-0.2, 0) is 7.05 Å². The van der Waals surface area contributed by atoms with Crippen molar-refractivity contribution >= 4 is 15.9 Å². The van der Waals surface area contributed by atoms with E-state index in [1.54, 1.807) is 7.05 Å². The molecule has 4 heteroatoms. The number of nitrogens with zero attached hydrogens (tertiary/aromatic N) is 2. The molecule has 0 aliphatic rings. The summed E-state index contributed by atoms with van der Waals surface area (Å²) in [5.74, 6) is -0.584. The van der Waals surface area contributed by atoms with Crippen LogP contribution in [0.4, 0.5) is 4.39 Å². The van der Waals surface area contributed by atoms with Gasteiger partial charge in [0, 0.05) is 7.05 Å². The van der Waals surface area contributed by atoms with E-state index in [2.05, 4.69) is 27.1 Å². The average Bonchev–Trinajstić information content (AvgIpc) is 1.85. The van der Waals surface area contributed by atoms with Crippen molar-refractivity contribution in [1.82, 2.24) is 9.78 Å². The van der Waals surface area contributed by atoms with Crippen molar-refractivity contribution in [2.24, 2.45) is 7.05 Å². The van der Waals surface area contributed by atoms with Gasteiger partial charge in [0.1, 0.15) is 4.60 Å². The van der Waals surface area contributed by atoms with Crippen LogP contribution in [-0.4, -0.2) is 9.78 Å². The summed E-state index contributed by atoms with van der Waals surface area (Å²) in [6, 6.07) is 2.31. The fourth-order valence-electron chi connectivity index (χ4n) is 0.367. The molecule has 0 bridgehead atoms. The molecule has 0 saturated carbocycles. The first kappa shape index (κ1) is 5.75. The van der Waals surface area contributed by atoms with Crippen molar-refractivity contribution in [1.29, 1.82) is 0 Å². The van der Waals surface area contributed by atoms with Crippen LogP contribution in [0, 0.1) is 12.0 Å². The lowest BCUT2D eigenvalue weighted by atomic mass is 10.7. The highest BCUT2D eigenvalue weighted by Gasteiger charge is 1.98. The third-order valence-electron chi connectivity index (χ3n) is 0.728. The average molecular weight is 178 g/mol. The van der Waals surface area contributed by atoms with Crippen LogP contribution in [0.5, 0.6) is 0 Å². The fraction of sp³-hybridized carbons (Fsp3) is 0.250. The van der Waals surface area contributed by atoms with E-state index in [-0.39, 0.29) is 0 Å². The summed E-state index contributed by atoms with van der Waals surface area (Å²) in [6.07, 6.45) is 0. The SMILES string of the molecule is Cn1nc(F)[c]c1Br. The smallest absolute Gasteiger partial charge is 0.241 e. The monoisotopic (exact) mass is 177 g/mol. The standard InChI is InChI=1S/C4H3BrFN2/c1-8-3(5)2-4(6)7-8/h1H3. The second-order valence-corrected chi connectivity index (χ2v) is 2.08. The molecule has 0 amide bonds. The Bertz CT molecular complexity index is 176. The molecule has 8 heavy (non-hydrogen) atoms. The summed E-state index contributed by atoms with van der Waals surface area (Å²) in [5.41, 5.74) is 0. The first-order chi connectivity index (χ1) is 3.70. The molecule has 0 atom stereocenters. The molecule has 1 radical (unpaired) electrons. The van der Waals surface area contributed by atoms with Gasteiger partial charge in [0.25, 0.3) is 0 Å². The lowest BCUT2D eigenvalue weighted by molar-refractivity contribution is 0.551. The van der Waals surface area contributed by atoms with Crippen molar-refractivity contribution in [2.75, 3.05) is 0 Å². The van der Waals surface area contributed by atoms with Gasteiger partial charge in [0.2, 0.25) is 5.95 Å². The summed E-state index contributed by atoms with van der Waals surface area (Å²) in [7, 11) is 1.63. The third kappa shape index (κ3) is 0.888. The molecular formula is C4H3BrFN2. The van der Waals surface area contributed by atoms with E-state index in [0.717, 1.165) is 0 Å². The second kappa shape index (κ2) is 1.85. The van der Waals surface area contributed by atoms with E-state index >= 15 is 0 Å². The normalized spacial score (nSPS) is 9.88. The van der Waals surface area contributed by atoms with Crippen LogP contribution < -0.4 is 0 Å². The summed E-state index contributed by atoms with van der Waals surface area (Å²) in [4.78, 5) is 0. The van der Waals surface area contributed by atoms with Gasteiger partial charge in [-0.05, 0) is 15.9 Å². The molecule has 0 aromatic carbocycles. The summed E-state index contributed by atoms with van der Waals surface area (Å²) < 4.78 is 13.9. The number of halogens is 2. The van der Waals surface area contributed by atoms with Crippen LogP contribution in [0.1, 0.15) is 0 Å². The highest BCUT2D eigenvalue weighted by atomic mass is 79.9. The van der Waals surface area contributed by atoms with Crippen LogP contribution >= 0.6 is 15.9 Å². The minimum Gasteiger partial charge on any atom is -0.258 e. The van der Waals surface area contributed by atoms with Gasteiger partial charge in [0.05, 0.1) is 6.07 Å². The minimum atomic E-state index is -0.584. The molecular weight excluding hydrogens is 175 g/mol. The van der Waals surface area contributed by atoms with E-state index in [4.69, 9.17) is 0 Å². The van der Waals surface area contributed by atoms with E-state index in [1.165, 1.54) is 4.68 Å². The van der Waals surface area contributed by atoms with Crippen LogP contribution in [0.3, 0.4) is 0 Å². The Labute approximate surface area is 54.4 Å². The maximum atomic E-state index is 12.0. The summed E-state index contributed by atoms with van der Waals surface area (Å²) in [6.45, 7) is 0. The number of rotatable bonds is 0. The first-order valence-electron chi connectivity index (χ1n) is 1.97. The third-order valence-corrected chi connectivity index (χ3v) is 1.44. The Morgan fingerprint density at radius 2 is 2.50 bits per heavy atom. The van der Waals surface area contributed by atoms with E-state index in [1.807, 2.05) is 0 Å². The van der Waals surface area contributed by atoms with Gasteiger partial charge in [-0.25, -0.2) is 0 Å². The molecule has 1 aromatic rings. The van der Waals surface area contributed by atoms with Gasteiger partial charge in [-0.2, -0.15) is 4.39 Å². The van der Waals surface area contributed by atoms with Gasteiger partial charge in [-0.3, -0.25) is 4.68 Å². The Morgan fingerprint density at radius 3 is 2.62 bits per heavy atom. The molecule has 0 saturated heterocycles. The van der Waals surface area contributed by atoms with Crippen molar-refractivity contribution in [3.8, 4) is 0 Å². The Balaban J connectivity index is 3.14. The van der Waals surface area contributed by atoms with Crippen LogP contribution in [0.25, 0.3) is 0 Å². The predicted octanol–water partition coefficient (Wildman–Crippen LogP) is 1.12. The molecule has 1 aromatic heterocycles. The molecule has 0 N–H and O–H groups in total. The van der Waals surface area contributed by atoms with Crippen molar-refractivity contribution in [2.45, 2.75) is 0 Å². The topological polar surface area (TPSA) is 17.8 Å². The molecule has 2 nitrogen and oxygen atoms in total. The van der Waals surface area contributed by atoms with Crippen molar-refractivity contribution < 1.29 is 4.39 Å². The number of hydrogen-bond donors (Lipinski definition) is 0. The molecule has 0 fully saturated rings. The first-order valence-corrected chi connectivity index (χ1v) is 2.77. The number of aromatic nitrogens is 2. The Morgan fingerprint density at radius 1 is 1.88 bits per heavy atom. The highest BCUT2D eigenvalue weighted by Crippen LogP contribution is 2.06. The zero-order valence-corrected chi connectivity index (χ0v) is 5.74. The number of aryl methyl sites for hydroxylation is 1. The summed E-state index contributed by atoms with van der Waals surface area (Å²) >= 11 is 3.02. The number of hydrogen-bond acceptors (Lipinski definition) is 1. The van der Waals surface area contributed by atoms with E-state index in [0.29, 0.717) is 4.60 Å². The van der Waals surface area contributed by atoms with Crippen molar-refractivity contribution in [3.05, 3.63) is 16.6 Å². The van der Waals surface area contributed by atoms with Gasteiger partial charge in [0.15, 0.2) is 0 Å². The molecule has 0 aliphatic heterocycles. The predicted molar refractivity (Wildman–Crippen MR) is 29.7 cm³/mol. The van der Waals surface area contributed by atoms with E-state index in [9.17, 15) is 4.39 Å². The van der Waals surface area contributed by atoms with Crippen LogP contribution in [0.2, 0.25) is 0 Å². The Kier molecular flexibility index (Phi) is 1.33. The van der Waals surface area contributed by atoms with Gasteiger partial charge in [-0.15, -0.1) is 5.10 Å². The minimum absolute atomic E-state index is 0.523. The molecule has 0 unspecified atom stereocenters. The van der Waals surface area contributed by atoms with Gasteiger partial charge < -0.3 is 0 Å². The van der Waals surface area contributed by atoms with Crippen LogP contribution in [0.15, 0.2) is 4.60 Å². The maximum Gasteiger partial charge on any atom is 0.241 e. The Hall–Kier alpha value is -0.380. The zero-order chi connectivity index (χ0) is 6.15. The van der Waals surface area contributed by atoms with Gasteiger partial charge in [-0.1, -0.05) is 0 Å². The lowest BCUT2D eigenvalue weighted by Crippen LogP contribution is -1.89. The zero-order valence-electron chi connectivity index (χ0n) is 4.15. The quantitative estimate of drug-likeness (QED) is 0.582. The lowest BCUT2D eigenvalue weighted by Gasteiger charge is -1.84. The largest absolute Gasteiger partial charge is 0.258 e. The van der Waals surface area contributed by atoms with Gasteiger partial charge >= 0.3 is 0 Å². The molecule has 1 heterocycles. The molecule has 0 aliphatic carbocycles. The maximum absolute atomic E-state index is 12.0. The van der Waals surface area contributed by atoms with E-state index < -0.39 is 5.95 Å². The highest BCUT2D eigenvalue weighted by molar-refractivity contribution is 9.10. The molecule has 43 valence electrons. The molecule has 1 rings (SSSR count). The molecule has 0 spiro atoms.